The highest BCUT2D eigenvalue weighted by molar-refractivity contribution is 6.35. The molecular weight excluding hydrogens is 941 g/mol. The minimum atomic E-state index is -0.745. The molecule has 3 rings (SSSR count). The quantitative estimate of drug-likeness (QED) is 0.0415. The normalized spacial score (nSPS) is 11.8. The molecule has 0 aliphatic heterocycles. The fraction of sp³-hybridized carbons (Fsp3) is 0.532. The van der Waals surface area contributed by atoms with Gasteiger partial charge in [-0.15, -0.1) is 0 Å². The monoisotopic (exact) mass is 1010 g/mol. The Bertz CT molecular complexity index is 2120. The van der Waals surface area contributed by atoms with Gasteiger partial charge in [-0.05, 0) is 88.6 Å². The molecule has 0 fully saturated rings. The lowest BCUT2D eigenvalue weighted by Gasteiger charge is -2.19. The summed E-state index contributed by atoms with van der Waals surface area (Å²) in [7, 11) is 0. The Morgan fingerprint density at radius 3 is 1.68 bits per heavy atom. The Labute approximate surface area is 413 Å². The molecule has 0 saturated heterocycles. The van der Waals surface area contributed by atoms with Crippen molar-refractivity contribution in [1.29, 1.82) is 0 Å². The molecule has 0 aliphatic carbocycles. The van der Waals surface area contributed by atoms with Gasteiger partial charge < -0.3 is 46.7 Å². The molecule has 2 aromatic carbocycles. The van der Waals surface area contributed by atoms with E-state index in [0.29, 0.717) is 129 Å². The van der Waals surface area contributed by atoms with Crippen molar-refractivity contribution >= 4 is 76.2 Å². The van der Waals surface area contributed by atoms with E-state index in [0.717, 1.165) is 18.4 Å². The summed E-state index contributed by atoms with van der Waals surface area (Å²) < 4.78 is 12.2. The summed E-state index contributed by atoms with van der Waals surface area (Å²) in [5.74, 6) is -2.03. The SMILES string of the molecule is CC(=O)NCCOCCOCC(=O)NCCCC[C@H](NC(C)=O)C(=O)NCCCC[C@H](NC(C)=O)C(=O)NCCCCCCNC(=O)c1nn(-c2ccc(Cl)cc2Cl)c(-c2ccc(Cl)cc2)c1C. The van der Waals surface area contributed by atoms with E-state index in [1.165, 1.54) is 20.8 Å². The smallest absolute Gasteiger partial charge is 0.272 e. The van der Waals surface area contributed by atoms with Gasteiger partial charge in [-0.1, -0.05) is 59.8 Å². The van der Waals surface area contributed by atoms with Gasteiger partial charge in [0.15, 0.2) is 5.69 Å². The number of carbonyl (C=O) groups is 7. The van der Waals surface area contributed by atoms with Gasteiger partial charge in [-0.3, -0.25) is 33.6 Å². The van der Waals surface area contributed by atoms with Crippen LogP contribution in [-0.2, 0) is 38.2 Å². The van der Waals surface area contributed by atoms with Crippen LogP contribution in [0.15, 0.2) is 42.5 Å². The first-order valence-electron chi connectivity index (χ1n) is 22.9. The van der Waals surface area contributed by atoms with E-state index in [2.05, 4.69) is 42.3 Å². The van der Waals surface area contributed by atoms with Crippen LogP contribution in [0, 0.1) is 6.92 Å². The molecule has 68 heavy (non-hydrogen) atoms. The van der Waals surface area contributed by atoms with Crippen molar-refractivity contribution in [3.63, 3.8) is 0 Å². The first-order valence-corrected chi connectivity index (χ1v) is 24.1. The van der Waals surface area contributed by atoms with Crippen molar-refractivity contribution < 1.29 is 43.0 Å². The second-order valence-electron chi connectivity index (χ2n) is 16.1. The molecule has 0 saturated carbocycles. The molecule has 0 unspecified atom stereocenters. The molecule has 1 aromatic heterocycles. The summed E-state index contributed by atoms with van der Waals surface area (Å²) in [5.41, 5.74) is 3.01. The van der Waals surface area contributed by atoms with Crippen molar-refractivity contribution in [2.75, 3.05) is 59.2 Å². The van der Waals surface area contributed by atoms with Gasteiger partial charge in [0.25, 0.3) is 5.91 Å². The van der Waals surface area contributed by atoms with Crippen molar-refractivity contribution in [2.45, 2.75) is 104 Å². The summed E-state index contributed by atoms with van der Waals surface area (Å²) in [6, 6.07) is 10.8. The van der Waals surface area contributed by atoms with Crippen molar-refractivity contribution in [3.8, 4) is 16.9 Å². The van der Waals surface area contributed by atoms with Gasteiger partial charge in [-0.25, -0.2) is 4.68 Å². The lowest BCUT2D eigenvalue weighted by atomic mass is 10.1. The molecular formula is C47H66Cl3N9O9. The summed E-state index contributed by atoms with van der Waals surface area (Å²) in [6.45, 7) is 8.63. The van der Waals surface area contributed by atoms with Crippen LogP contribution in [0.3, 0.4) is 0 Å². The number of benzene rings is 2. The number of hydrogen-bond acceptors (Lipinski definition) is 10. The molecule has 21 heteroatoms. The highest BCUT2D eigenvalue weighted by Gasteiger charge is 2.24. The van der Waals surface area contributed by atoms with Crippen LogP contribution in [0.4, 0.5) is 0 Å². The molecule has 0 radical (unpaired) electrons. The van der Waals surface area contributed by atoms with Crippen molar-refractivity contribution in [3.05, 3.63) is 68.8 Å². The molecule has 374 valence electrons. The van der Waals surface area contributed by atoms with E-state index in [1.807, 2.05) is 19.1 Å². The van der Waals surface area contributed by atoms with Crippen LogP contribution >= 0.6 is 34.8 Å². The van der Waals surface area contributed by atoms with Crippen LogP contribution in [0.25, 0.3) is 16.9 Å². The van der Waals surface area contributed by atoms with E-state index in [4.69, 9.17) is 44.3 Å². The van der Waals surface area contributed by atoms with E-state index in [9.17, 15) is 33.6 Å². The largest absolute Gasteiger partial charge is 0.377 e. The number of rotatable bonds is 32. The van der Waals surface area contributed by atoms with Gasteiger partial charge in [0.1, 0.15) is 18.7 Å². The van der Waals surface area contributed by atoms with Gasteiger partial charge in [0.05, 0.1) is 36.2 Å². The average Bonchev–Trinajstić information content (AvgIpc) is 3.62. The Balaban J connectivity index is 1.32. The number of nitrogens with zero attached hydrogens (tertiary/aromatic N) is 2. The highest BCUT2D eigenvalue weighted by atomic mass is 35.5. The fourth-order valence-corrected chi connectivity index (χ4v) is 7.60. The third-order valence-electron chi connectivity index (χ3n) is 10.4. The third kappa shape index (κ3) is 21.8. The van der Waals surface area contributed by atoms with Crippen LogP contribution < -0.4 is 37.2 Å². The van der Waals surface area contributed by atoms with Crippen LogP contribution in [-0.4, -0.2) is 122 Å². The average molecular weight is 1010 g/mol. The maximum atomic E-state index is 13.4. The molecule has 1 heterocycles. The summed E-state index contributed by atoms with van der Waals surface area (Å²) in [6.07, 6.45) is 5.99. The second kappa shape index (κ2) is 31.7. The second-order valence-corrected chi connectivity index (χ2v) is 17.4. The van der Waals surface area contributed by atoms with Crippen LogP contribution in [0.2, 0.25) is 15.1 Å². The predicted molar refractivity (Wildman–Crippen MR) is 262 cm³/mol. The Kier molecular flexibility index (Phi) is 26.6. The van der Waals surface area contributed by atoms with Gasteiger partial charge in [0.2, 0.25) is 35.4 Å². The minimum absolute atomic E-state index is 0.121. The fourth-order valence-electron chi connectivity index (χ4n) is 6.98. The lowest BCUT2D eigenvalue weighted by Crippen LogP contribution is -2.47. The molecule has 3 aromatic rings. The van der Waals surface area contributed by atoms with Crippen molar-refractivity contribution in [2.24, 2.45) is 0 Å². The lowest BCUT2D eigenvalue weighted by molar-refractivity contribution is -0.128. The number of nitrogens with one attached hydrogen (secondary N) is 7. The number of aromatic nitrogens is 2. The maximum Gasteiger partial charge on any atom is 0.272 e. The Morgan fingerprint density at radius 2 is 1.12 bits per heavy atom. The standard InChI is InChI=1S/C47H66Cl3N9O9/c1-31-43(58-59(41-20-19-37(49)29-38(41)50)44(31)35-15-17-36(48)18-16-35)47(66)55-23-10-6-5-9-22-53-45(64)40(57-34(4)62)14-8-12-24-54-46(65)39(56-33(3)61)13-7-11-21-52-42(63)30-68-28-27-67-26-25-51-32(2)60/h15-20,29,39-40H,5-14,21-28,30H2,1-4H3,(H,51,60)(H,52,63)(H,53,64)(H,54,65)(H,55,66)(H,56,61)(H,57,62)/t39-,40-/m0/s1. The molecule has 18 nitrogen and oxygen atoms in total. The van der Waals surface area contributed by atoms with Crippen molar-refractivity contribution in [1.82, 2.24) is 47.0 Å². The zero-order valence-electron chi connectivity index (χ0n) is 39.3. The number of halogens is 3. The number of ether oxygens (including phenoxy) is 2. The molecule has 2 atom stereocenters. The molecule has 7 amide bonds. The first kappa shape index (κ1) is 57.1. The topological polar surface area (TPSA) is 240 Å². The van der Waals surface area contributed by atoms with E-state index in [-0.39, 0.29) is 60.3 Å². The molecule has 0 bridgehead atoms. The summed E-state index contributed by atoms with van der Waals surface area (Å²) >= 11 is 18.9. The van der Waals surface area contributed by atoms with E-state index >= 15 is 0 Å². The Hall–Kier alpha value is -5.27. The van der Waals surface area contributed by atoms with E-state index < -0.39 is 12.1 Å². The zero-order valence-corrected chi connectivity index (χ0v) is 41.6. The van der Waals surface area contributed by atoms with E-state index in [1.54, 1.807) is 35.0 Å². The van der Waals surface area contributed by atoms with Gasteiger partial charge in [0, 0.05) is 74.7 Å². The Morgan fingerprint density at radius 1 is 0.588 bits per heavy atom. The number of unbranched alkanes of at least 4 members (excludes halogenated alkanes) is 5. The highest BCUT2D eigenvalue weighted by Crippen LogP contribution is 2.33. The number of carbonyl (C=O) groups excluding carboxylic acids is 7. The van der Waals surface area contributed by atoms with Gasteiger partial charge in [-0.2, -0.15) is 5.10 Å². The molecule has 7 N–H and O–H groups in total. The summed E-state index contributed by atoms with van der Waals surface area (Å²) in [4.78, 5) is 85.9. The predicted octanol–water partition coefficient (Wildman–Crippen LogP) is 4.97. The third-order valence-corrected chi connectivity index (χ3v) is 11.1. The van der Waals surface area contributed by atoms with Crippen LogP contribution in [0.5, 0.6) is 0 Å². The number of hydrogen-bond donors (Lipinski definition) is 7. The minimum Gasteiger partial charge on any atom is -0.377 e. The molecule has 0 spiro atoms. The summed E-state index contributed by atoms with van der Waals surface area (Å²) in [5, 5.41) is 25.6. The van der Waals surface area contributed by atoms with Crippen LogP contribution in [0.1, 0.15) is 101 Å². The molecule has 0 aliphatic rings. The number of amides is 7. The zero-order chi connectivity index (χ0) is 49.8. The van der Waals surface area contributed by atoms with Gasteiger partial charge >= 0.3 is 0 Å². The maximum absolute atomic E-state index is 13.4. The first-order chi connectivity index (χ1) is 32.6.